The molecule has 3 N–H and O–H groups in total. The van der Waals surface area contributed by atoms with Crippen LogP contribution in [0.4, 0.5) is 11.4 Å². The predicted molar refractivity (Wildman–Crippen MR) is 101 cm³/mol. The van der Waals surface area contributed by atoms with Gasteiger partial charge in [0.1, 0.15) is 0 Å². The second-order valence-electron chi connectivity index (χ2n) is 5.44. The average molecular weight is 350 g/mol. The standard InChI is InChI=1S/C16H27N3O.2ClH/c1-5-19(6-2)14-9-7-13(8-10-14)18-16(20)15(17)11-12(3)4;;/h7-10,12,15H,5-6,11,17H2,1-4H3,(H,18,20);2*1H/t15-;;/m0../s1. The quantitative estimate of drug-likeness (QED) is 0.789. The average Bonchev–Trinajstić information content (AvgIpc) is 2.41. The van der Waals surface area contributed by atoms with E-state index in [-0.39, 0.29) is 30.7 Å². The number of carbonyl (C=O) groups excluding carboxylic acids is 1. The predicted octanol–water partition coefficient (Wildman–Crippen LogP) is 3.69. The minimum Gasteiger partial charge on any atom is -0.372 e. The highest BCUT2D eigenvalue weighted by Gasteiger charge is 2.15. The molecule has 0 aliphatic carbocycles. The molecule has 0 unspecified atom stereocenters. The van der Waals surface area contributed by atoms with Crippen LogP contribution in [0.1, 0.15) is 34.1 Å². The number of nitrogens with two attached hydrogens (primary N) is 1. The van der Waals surface area contributed by atoms with Crippen LogP contribution in [0.15, 0.2) is 24.3 Å². The summed E-state index contributed by atoms with van der Waals surface area (Å²) in [6.45, 7) is 10.3. The molecule has 0 aliphatic heterocycles. The second kappa shape index (κ2) is 11.6. The van der Waals surface area contributed by atoms with Gasteiger partial charge in [0.05, 0.1) is 6.04 Å². The number of anilines is 2. The van der Waals surface area contributed by atoms with Crippen molar-refractivity contribution in [2.24, 2.45) is 11.7 Å². The Balaban J connectivity index is 0. The van der Waals surface area contributed by atoms with Crippen LogP contribution in [-0.2, 0) is 4.79 Å². The van der Waals surface area contributed by atoms with Gasteiger partial charge in [-0.15, -0.1) is 24.8 Å². The number of nitrogens with zero attached hydrogens (tertiary/aromatic N) is 1. The first-order chi connectivity index (χ1) is 9.47. The molecule has 0 aliphatic rings. The molecule has 6 heteroatoms. The maximum absolute atomic E-state index is 11.9. The highest BCUT2D eigenvalue weighted by Crippen LogP contribution is 2.18. The van der Waals surface area contributed by atoms with Crippen LogP contribution in [0.25, 0.3) is 0 Å². The van der Waals surface area contributed by atoms with Crippen LogP contribution in [-0.4, -0.2) is 25.0 Å². The van der Waals surface area contributed by atoms with E-state index in [0.29, 0.717) is 12.3 Å². The zero-order chi connectivity index (χ0) is 15.1. The summed E-state index contributed by atoms with van der Waals surface area (Å²) in [5, 5.41) is 2.87. The van der Waals surface area contributed by atoms with E-state index < -0.39 is 6.04 Å². The van der Waals surface area contributed by atoms with E-state index >= 15 is 0 Å². The lowest BCUT2D eigenvalue weighted by Crippen LogP contribution is -2.36. The molecule has 1 rings (SSSR count). The number of benzene rings is 1. The summed E-state index contributed by atoms with van der Waals surface area (Å²) in [6, 6.07) is 7.45. The third-order valence-electron chi connectivity index (χ3n) is 3.33. The van der Waals surface area contributed by atoms with E-state index in [1.165, 1.54) is 5.69 Å². The Morgan fingerprint density at radius 3 is 2.05 bits per heavy atom. The fourth-order valence-electron chi connectivity index (χ4n) is 2.19. The Bertz CT molecular complexity index is 420. The highest BCUT2D eigenvalue weighted by molar-refractivity contribution is 5.94. The first kappa shape index (κ1) is 23.3. The molecular formula is C16H29Cl2N3O. The van der Waals surface area contributed by atoms with Crippen LogP contribution < -0.4 is 16.0 Å². The molecule has 0 fully saturated rings. The van der Waals surface area contributed by atoms with Gasteiger partial charge >= 0.3 is 0 Å². The lowest BCUT2D eigenvalue weighted by atomic mass is 10.0. The van der Waals surface area contributed by atoms with Crippen molar-refractivity contribution in [1.82, 2.24) is 0 Å². The molecule has 0 aromatic heterocycles. The SMILES string of the molecule is CCN(CC)c1ccc(NC(=O)[C@@H](N)CC(C)C)cc1.Cl.Cl. The summed E-state index contributed by atoms with van der Waals surface area (Å²) in [6.07, 6.45) is 0.698. The first-order valence-corrected chi connectivity index (χ1v) is 7.39. The van der Waals surface area contributed by atoms with Crippen molar-refractivity contribution >= 4 is 42.1 Å². The van der Waals surface area contributed by atoms with E-state index in [0.717, 1.165) is 18.8 Å². The molecule has 128 valence electrons. The third-order valence-corrected chi connectivity index (χ3v) is 3.33. The van der Waals surface area contributed by atoms with Gasteiger partial charge in [-0.25, -0.2) is 0 Å². The van der Waals surface area contributed by atoms with Gasteiger partial charge in [-0.2, -0.15) is 0 Å². The smallest absolute Gasteiger partial charge is 0.241 e. The summed E-state index contributed by atoms with van der Waals surface area (Å²) in [7, 11) is 0. The molecule has 1 atom stereocenters. The molecule has 1 aromatic carbocycles. The van der Waals surface area contributed by atoms with Gasteiger partial charge in [0.25, 0.3) is 0 Å². The van der Waals surface area contributed by atoms with E-state index in [1.54, 1.807) is 0 Å². The fraction of sp³-hybridized carbons (Fsp3) is 0.562. The minimum atomic E-state index is -0.447. The Kier molecular flexibility index (Phi) is 12.3. The van der Waals surface area contributed by atoms with Crippen molar-refractivity contribution in [3.8, 4) is 0 Å². The Labute approximate surface area is 146 Å². The molecule has 0 spiro atoms. The van der Waals surface area contributed by atoms with Gasteiger partial charge in [-0.1, -0.05) is 13.8 Å². The van der Waals surface area contributed by atoms with Gasteiger partial charge in [-0.3, -0.25) is 4.79 Å². The molecule has 0 bridgehead atoms. The molecule has 0 saturated carbocycles. The minimum absolute atomic E-state index is 0. The molecular weight excluding hydrogens is 321 g/mol. The van der Waals surface area contributed by atoms with Gasteiger partial charge in [0.2, 0.25) is 5.91 Å². The van der Waals surface area contributed by atoms with Crippen LogP contribution in [0, 0.1) is 5.92 Å². The fourth-order valence-corrected chi connectivity index (χ4v) is 2.19. The van der Waals surface area contributed by atoms with Crippen LogP contribution in [0.2, 0.25) is 0 Å². The van der Waals surface area contributed by atoms with Gasteiger partial charge in [-0.05, 0) is 50.5 Å². The highest BCUT2D eigenvalue weighted by atomic mass is 35.5. The molecule has 0 heterocycles. The summed E-state index contributed by atoms with van der Waals surface area (Å²) in [5.74, 6) is 0.301. The van der Waals surface area contributed by atoms with Crippen molar-refractivity contribution in [2.75, 3.05) is 23.3 Å². The normalized spacial score (nSPS) is 11.2. The van der Waals surface area contributed by atoms with E-state index in [9.17, 15) is 4.79 Å². The van der Waals surface area contributed by atoms with Gasteiger partial charge in [0.15, 0.2) is 0 Å². The van der Waals surface area contributed by atoms with E-state index in [4.69, 9.17) is 5.73 Å². The zero-order valence-electron chi connectivity index (χ0n) is 13.8. The molecule has 22 heavy (non-hydrogen) atoms. The Hall–Kier alpha value is -0.970. The van der Waals surface area contributed by atoms with Crippen molar-refractivity contribution < 1.29 is 4.79 Å². The monoisotopic (exact) mass is 349 g/mol. The largest absolute Gasteiger partial charge is 0.372 e. The molecule has 0 radical (unpaired) electrons. The molecule has 1 aromatic rings. The van der Waals surface area contributed by atoms with E-state index in [2.05, 4.69) is 37.9 Å². The lowest BCUT2D eigenvalue weighted by Gasteiger charge is -2.21. The van der Waals surface area contributed by atoms with Crippen molar-refractivity contribution in [3.05, 3.63) is 24.3 Å². The second-order valence-corrected chi connectivity index (χ2v) is 5.44. The molecule has 0 saturated heterocycles. The van der Waals surface area contributed by atoms with Crippen LogP contribution in [0.3, 0.4) is 0 Å². The topological polar surface area (TPSA) is 58.4 Å². The van der Waals surface area contributed by atoms with Crippen molar-refractivity contribution in [1.29, 1.82) is 0 Å². The van der Waals surface area contributed by atoms with Crippen molar-refractivity contribution in [2.45, 2.75) is 40.2 Å². The van der Waals surface area contributed by atoms with Gasteiger partial charge < -0.3 is 16.0 Å². The number of hydrogen-bond donors (Lipinski definition) is 2. The first-order valence-electron chi connectivity index (χ1n) is 7.39. The number of carbonyl (C=O) groups is 1. The number of halogens is 2. The Morgan fingerprint density at radius 2 is 1.64 bits per heavy atom. The third kappa shape index (κ3) is 7.34. The lowest BCUT2D eigenvalue weighted by molar-refractivity contribution is -0.117. The number of amides is 1. The Morgan fingerprint density at radius 1 is 1.14 bits per heavy atom. The van der Waals surface area contributed by atoms with E-state index in [1.807, 2.05) is 24.3 Å². The molecule has 1 amide bonds. The summed E-state index contributed by atoms with van der Waals surface area (Å²) < 4.78 is 0. The van der Waals surface area contributed by atoms with Crippen LogP contribution >= 0.6 is 24.8 Å². The van der Waals surface area contributed by atoms with Crippen LogP contribution in [0.5, 0.6) is 0 Å². The summed E-state index contributed by atoms with van der Waals surface area (Å²) >= 11 is 0. The zero-order valence-corrected chi connectivity index (χ0v) is 15.5. The summed E-state index contributed by atoms with van der Waals surface area (Å²) in [4.78, 5) is 14.2. The van der Waals surface area contributed by atoms with Gasteiger partial charge in [0, 0.05) is 24.5 Å². The maximum atomic E-state index is 11.9. The summed E-state index contributed by atoms with van der Waals surface area (Å²) in [5.41, 5.74) is 7.83. The maximum Gasteiger partial charge on any atom is 0.241 e. The van der Waals surface area contributed by atoms with Crippen molar-refractivity contribution in [3.63, 3.8) is 0 Å². The molecule has 4 nitrogen and oxygen atoms in total. The number of nitrogens with one attached hydrogen (secondary N) is 1. The number of hydrogen-bond acceptors (Lipinski definition) is 3. The number of rotatable bonds is 7.